The molecule has 28 heavy (non-hydrogen) atoms. The van der Waals surface area contributed by atoms with Crippen molar-refractivity contribution in [1.29, 1.82) is 0 Å². The molecule has 1 amide bonds. The molecule has 1 aliphatic rings. The van der Waals surface area contributed by atoms with Crippen LogP contribution in [0, 0.1) is 11.8 Å². The highest BCUT2D eigenvalue weighted by Crippen LogP contribution is 2.32. The van der Waals surface area contributed by atoms with E-state index in [-0.39, 0.29) is 29.2 Å². The van der Waals surface area contributed by atoms with Crippen LogP contribution in [-0.4, -0.2) is 45.4 Å². The van der Waals surface area contributed by atoms with Crippen LogP contribution in [0.3, 0.4) is 0 Å². The molecule has 1 aromatic carbocycles. The minimum atomic E-state index is -3.73. The lowest BCUT2D eigenvalue weighted by atomic mass is 9.98. The highest BCUT2D eigenvalue weighted by Gasteiger charge is 2.35. The molecule has 1 heterocycles. The molecule has 0 saturated carbocycles. The van der Waals surface area contributed by atoms with Gasteiger partial charge in [0, 0.05) is 19.6 Å². The maximum atomic E-state index is 13.3. The molecule has 7 heteroatoms. The first-order valence-corrected chi connectivity index (χ1v) is 11.6. The number of nitrogens with zero attached hydrogens (tertiary/aromatic N) is 1. The number of rotatable bonds is 8. The summed E-state index contributed by atoms with van der Waals surface area (Å²) in [6.45, 7) is 9.54. The van der Waals surface area contributed by atoms with Gasteiger partial charge < -0.3 is 10.1 Å². The quantitative estimate of drug-likeness (QED) is 0.713. The molecule has 1 fully saturated rings. The molecule has 0 spiro atoms. The zero-order chi connectivity index (χ0) is 20.9. The number of carbonyl (C=O) groups is 1. The van der Waals surface area contributed by atoms with Crippen LogP contribution in [0.5, 0.6) is 5.75 Å². The Bertz CT molecular complexity index is 775. The van der Waals surface area contributed by atoms with Gasteiger partial charge in [0.25, 0.3) is 0 Å². The molecule has 2 rings (SSSR count). The van der Waals surface area contributed by atoms with E-state index in [1.165, 1.54) is 11.4 Å². The lowest BCUT2D eigenvalue weighted by molar-refractivity contribution is -0.126. The summed E-state index contributed by atoms with van der Waals surface area (Å²) in [5.41, 5.74) is 0.944. The van der Waals surface area contributed by atoms with Crippen LogP contribution in [0.25, 0.3) is 0 Å². The number of hydrogen-bond donors (Lipinski definition) is 1. The molecule has 0 radical (unpaired) electrons. The number of carbonyl (C=O) groups excluding carboxylic acids is 1. The Kier molecular flexibility index (Phi) is 7.89. The number of amides is 1. The van der Waals surface area contributed by atoms with E-state index in [0.717, 1.165) is 12.0 Å². The van der Waals surface area contributed by atoms with Crippen LogP contribution < -0.4 is 10.1 Å². The zero-order valence-electron chi connectivity index (χ0n) is 17.7. The van der Waals surface area contributed by atoms with Gasteiger partial charge in [-0.05, 0) is 48.8 Å². The minimum absolute atomic E-state index is 0.0524. The number of nitrogens with one attached hydrogen (secondary N) is 1. The predicted molar refractivity (Wildman–Crippen MR) is 111 cm³/mol. The lowest BCUT2D eigenvalue weighted by Crippen LogP contribution is -2.45. The number of piperidine rings is 1. The Hall–Kier alpha value is -1.60. The van der Waals surface area contributed by atoms with Gasteiger partial charge in [-0.25, -0.2) is 8.42 Å². The van der Waals surface area contributed by atoms with Crippen molar-refractivity contribution in [1.82, 2.24) is 9.62 Å². The van der Waals surface area contributed by atoms with Crippen molar-refractivity contribution in [2.45, 2.75) is 57.8 Å². The number of sulfonamides is 1. The third-order valence-corrected chi connectivity index (χ3v) is 7.13. The normalized spacial score (nSPS) is 18.5. The van der Waals surface area contributed by atoms with E-state index in [1.54, 1.807) is 12.1 Å². The molecule has 0 unspecified atom stereocenters. The highest BCUT2D eigenvalue weighted by molar-refractivity contribution is 7.89. The van der Waals surface area contributed by atoms with Crippen LogP contribution in [0.4, 0.5) is 0 Å². The SMILES string of the molecule is COc1ccc(C(C)C)cc1S(=O)(=O)N1CCC[C@@H](C(=O)NCCC(C)C)C1. The summed E-state index contributed by atoms with van der Waals surface area (Å²) < 4.78 is 33.4. The Morgan fingerprint density at radius 3 is 2.61 bits per heavy atom. The van der Waals surface area contributed by atoms with Crippen molar-refractivity contribution in [3.8, 4) is 5.75 Å². The van der Waals surface area contributed by atoms with Crippen LogP contribution in [0.2, 0.25) is 0 Å². The van der Waals surface area contributed by atoms with Crippen molar-refractivity contribution >= 4 is 15.9 Å². The molecule has 1 aromatic rings. The van der Waals surface area contributed by atoms with Gasteiger partial charge in [0.1, 0.15) is 10.6 Å². The van der Waals surface area contributed by atoms with Crippen molar-refractivity contribution < 1.29 is 17.9 Å². The summed E-state index contributed by atoms with van der Waals surface area (Å²) >= 11 is 0. The van der Waals surface area contributed by atoms with Crippen LogP contribution in [-0.2, 0) is 14.8 Å². The Labute approximate surface area is 169 Å². The molecule has 1 saturated heterocycles. The molecule has 1 aliphatic heterocycles. The number of hydrogen-bond acceptors (Lipinski definition) is 4. The average Bonchev–Trinajstić information content (AvgIpc) is 2.67. The Balaban J connectivity index is 2.19. The van der Waals surface area contributed by atoms with Crippen LogP contribution >= 0.6 is 0 Å². The van der Waals surface area contributed by atoms with E-state index in [2.05, 4.69) is 19.2 Å². The van der Waals surface area contributed by atoms with E-state index in [4.69, 9.17) is 4.74 Å². The summed E-state index contributed by atoms with van der Waals surface area (Å²) in [5, 5.41) is 2.96. The topological polar surface area (TPSA) is 75.7 Å². The summed E-state index contributed by atoms with van der Waals surface area (Å²) in [6, 6.07) is 5.30. The number of benzene rings is 1. The summed E-state index contributed by atoms with van der Waals surface area (Å²) in [5.74, 6) is 0.705. The summed E-state index contributed by atoms with van der Waals surface area (Å²) in [4.78, 5) is 12.7. The maximum Gasteiger partial charge on any atom is 0.246 e. The molecule has 0 aromatic heterocycles. The Morgan fingerprint density at radius 2 is 2.00 bits per heavy atom. The van der Waals surface area contributed by atoms with E-state index in [0.29, 0.717) is 37.6 Å². The number of methoxy groups -OCH3 is 1. The van der Waals surface area contributed by atoms with E-state index >= 15 is 0 Å². The first-order valence-electron chi connectivity index (χ1n) is 10.1. The molecular formula is C21H34N2O4S. The number of ether oxygens (including phenoxy) is 1. The van der Waals surface area contributed by atoms with Crippen LogP contribution in [0.1, 0.15) is 58.4 Å². The molecule has 1 atom stereocenters. The second-order valence-corrected chi connectivity index (χ2v) is 10.1. The van der Waals surface area contributed by atoms with Gasteiger partial charge >= 0.3 is 0 Å². The standard InChI is InChI=1S/C21H34N2O4S/c1-15(2)10-11-22-21(24)18-7-6-12-23(14-18)28(25,26)20-13-17(16(3)4)8-9-19(20)27-5/h8-9,13,15-16,18H,6-7,10-12,14H2,1-5H3,(H,22,24)/t18-/m1/s1. The fraction of sp³-hybridized carbons (Fsp3) is 0.667. The van der Waals surface area contributed by atoms with E-state index in [1.807, 2.05) is 19.9 Å². The van der Waals surface area contributed by atoms with Gasteiger partial charge in [0.05, 0.1) is 13.0 Å². The van der Waals surface area contributed by atoms with Crippen LogP contribution in [0.15, 0.2) is 23.1 Å². The van der Waals surface area contributed by atoms with Crippen molar-refractivity contribution in [3.63, 3.8) is 0 Å². The first-order chi connectivity index (χ1) is 13.2. The van der Waals surface area contributed by atoms with E-state index < -0.39 is 10.0 Å². The third-order valence-electron chi connectivity index (χ3n) is 5.25. The van der Waals surface area contributed by atoms with Gasteiger partial charge in [-0.15, -0.1) is 0 Å². The highest BCUT2D eigenvalue weighted by atomic mass is 32.2. The average molecular weight is 411 g/mol. The van der Waals surface area contributed by atoms with Crippen molar-refractivity contribution in [2.75, 3.05) is 26.7 Å². The monoisotopic (exact) mass is 410 g/mol. The minimum Gasteiger partial charge on any atom is -0.495 e. The molecule has 0 aliphatic carbocycles. The summed E-state index contributed by atoms with van der Waals surface area (Å²) in [7, 11) is -2.26. The molecule has 6 nitrogen and oxygen atoms in total. The molecule has 158 valence electrons. The zero-order valence-corrected chi connectivity index (χ0v) is 18.5. The van der Waals surface area contributed by atoms with Gasteiger partial charge in [0.15, 0.2) is 0 Å². The van der Waals surface area contributed by atoms with Gasteiger partial charge in [-0.1, -0.05) is 33.8 Å². The van der Waals surface area contributed by atoms with Gasteiger partial charge in [0.2, 0.25) is 15.9 Å². The second kappa shape index (κ2) is 9.74. The fourth-order valence-corrected chi connectivity index (χ4v) is 5.11. The first kappa shape index (κ1) is 22.7. The Morgan fingerprint density at radius 1 is 1.29 bits per heavy atom. The second-order valence-electron chi connectivity index (χ2n) is 8.24. The largest absolute Gasteiger partial charge is 0.495 e. The van der Waals surface area contributed by atoms with Gasteiger partial charge in [-0.3, -0.25) is 4.79 Å². The van der Waals surface area contributed by atoms with Crippen molar-refractivity contribution in [3.05, 3.63) is 23.8 Å². The molecule has 0 bridgehead atoms. The molecule has 1 N–H and O–H groups in total. The maximum absolute atomic E-state index is 13.3. The predicted octanol–water partition coefficient (Wildman–Crippen LogP) is 3.38. The summed E-state index contributed by atoms with van der Waals surface area (Å²) in [6.07, 6.45) is 2.30. The third kappa shape index (κ3) is 5.47. The fourth-order valence-electron chi connectivity index (χ4n) is 3.40. The van der Waals surface area contributed by atoms with Crippen molar-refractivity contribution in [2.24, 2.45) is 11.8 Å². The lowest BCUT2D eigenvalue weighted by Gasteiger charge is -2.31. The smallest absolute Gasteiger partial charge is 0.246 e. The van der Waals surface area contributed by atoms with Gasteiger partial charge in [-0.2, -0.15) is 4.31 Å². The molecular weight excluding hydrogens is 376 g/mol. The van der Waals surface area contributed by atoms with E-state index in [9.17, 15) is 13.2 Å².